The van der Waals surface area contributed by atoms with Crippen LogP contribution >= 0.6 is 24.0 Å². The minimum atomic E-state index is 0. The molecule has 0 saturated carbocycles. The summed E-state index contributed by atoms with van der Waals surface area (Å²) in [7, 11) is 0. The number of benzene rings is 1. The number of nitrogens with one attached hydrogen (secondary N) is 2. The van der Waals surface area contributed by atoms with Crippen molar-refractivity contribution < 1.29 is 0 Å². The Kier molecular flexibility index (Phi) is 9.69. The van der Waals surface area contributed by atoms with E-state index in [2.05, 4.69) is 67.7 Å². The van der Waals surface area contributed by atoms with Crippen molar-refractivity contribution in [3.63, 3.8) is 0 Å². The molecule has 0 fully saturated rings. The number of aliphatic imine (C=N–C) groups is 1. The summed E-state index contributed by atoms with van der Waals surface area (Å²) in [6, 6.07) is 10.7. The zero-order valence-electron chi connectivity index (χ0n) is 16.3. The smallest absolute Gasteiger partial charge is 0.191 e. The Morgan fingerprint density at radius 2 is 1.92 bits per heavy atom. The van der Waals surface area contributed by atoms with Crippen molar-refractivity contribution in [2.24, 2.45) is 4.99 Å². The zero-order valence-corrected chi connectivity index (χ0v) is 18.7. The number of nitrogens with zero attached hydrogens (tertiary/aromatic N) is 3. The summed E-state index contributed by atoms with van der Waals surface area (Å²) in [6.07, 6.45) is 4.81. The fourth-order valence-electron chi connectivity index (χ4n) is 2.60. The molecule has 1 heterocycles. The van der Waals surface area contributed by atoms with Crippen LogP contribution < -0.4 is 10.6 Å². The molecule has 0 aliphatic rings. The first-order valence-corrected chi connectivity index (χ1v) is 9.08. The molecule has 5 nitrogen and oxygen atoms in total. The summed E-state index contributed by atoms with van der Waals surface area (Å²) in [5.41, 5.74) is 2.61. The third-order valence-corrected chi connectivity index (χ3v) is 4.23. The maximum atomic E-state index is 4.79. The van der Waals surface area contributed by atoms with E-state index in [0.717, 1.165) is 38.6 Å². The average Bonchev–Trinajstić information content (AvgIpc) is 3.10. The second kappa shape index (κ2) is 11.2. The topological polar surface area (TPSA) is 54.2 Å². The molecule has 2 rings (SSSR count). The SMILES string of the molecule is CCNC(=NCC(C)(C)c1ccc(C)cc1)NCCCn1cccn1.I. The van der Waals surface area contributed by atoms with E-state index in [1.807, 2.05) is 23.1 Å². The molecule has 0 atom stereocenters. The van der Waals surface area contributed by atoms with Gasteiger partial charge in [-0.2, -0.15) is 5.10 Å². The Morgan fingerprint density at radius 1 is 1.19 bits per heavy atom. The Labute approximate surface area is 174 Å². The van der Waals surface area contributed by atoms with Gasteiger partial charge in [0.15, 0.2) is 5.96 Å². The third-order valence-electron chi connectivity index (χ3n) is 4.23. The summed E-state index contributed by atoms with van der Waals surface area (Å²) < 4.78 is 1.95. The third kappa shape index (κ3) is 7.35. The molecule has 6 heteroatoms. The van der Waals surface area contributed by atoms with Crippen LogP contribution in [0.1, 0.15) is 38.3 Å². The van der Waals surface area contributed by atoms with Gasteiger partial charge in [-0.05, 0) is 31.9 Å². The van der Waals surface area contributed by atoms with Gasteiger partial charge in [-0.3, -0.25) is 9.67 Å². The Balaban J connectivity index is 0.00000338. The van der Waals surface area contributed by atoms with Crippen molar-refractivity contribution in [2.75, 3.05) is 19.6 Å². The highest BCUT2D eigenvalue weighted by Gasteiger charge is 2.20. The first-order chi connectivity index (χ1) is 12.0. The van der Waals surface area contributed by atoms with Gasteiger partial charge < -0.3 is 10.6 Å². The normalized spacial score (nSPS) is 11.8. The number of rotatable bonds is 8. The van der Waals surface area contributed by atoms with Crippen molar-refractivity contribution in [3.8, 4) is 0 Å². The van der Waals surface area contributed by atoms with E-state index < -0.39 is 0 Å². The quantitative estimate of drug-likeness (QED) is 0.268. The minimum absolute atomic E-state index is 0. The van der Waals surface area contributed by atoms with Crippen LogP contribution in [0.25, 0.3) is 0 Å². The summed E-state index contributed by atoms with van der Waals surface area (Å²) in [5.74, 6) is 0.878. The van der Waals surface area contributed by atoms with Crippen LogP contribution in [-0.2, 0) is 12.0 Å². The van der Waals surface area contributed by atoms with E-state index in [1.165, 1.54) is 11.1 Å². The second-order valence-corrected chi connectivity index (χ2v) is 6.99. The maximum Gasteiger partial charge on any atom is 0.191 e. The van der Waals surface area contributed by atoms with Crippen molar-refractivity contribution in [3.05, 3.63) is 53.9 Å². The van der Waals surface area contributed by atoms with E-state index in [4.69, 9.17) is 4.99 Å². The molecule has 26 heavy (non-hydrogen) atoms. The molecule has 0 radical (unpaired) electrons. The van der Waals surface area contributed by atoms with Crippen molar-refractivity contribution in [1.82, 2.24) is 20.4 Å². The fraction of sp³-hybridized carbons (Fsp3) is 0.500. The Hall–Kier alpha value is -1.57. The summed E-state index contributed by atoms with van der Waals surface area (Å²) in [5, 5.41) is 11.0. The molecular formula is C20H32IN5. The Bertz CT molecular complexity index is 647. The highest BCUT2D eigenvalue weighted by molar-refractivity contribution is 14.0. The summed E-state index contributed by atoms with van der Waals surface area (Å²) in [4.78, 5) is 4.79. The van der Waals surface area contributed by atoms with Crippen molar-refractivity contribution in [2.45, 2.75) is 46.1 Å². The molecule has 0 aliphatic heterocycles. The van der Waals surface area contributed by atoms with Crippen LogP contribution in [0.3, 0.4) is 0 Å². The molecule has 2 aromatic rings. The van der Waals surface area contributed by atoms with E-state index in [1.54, 1.807) is 0 Å². The van der Waals surface area contributed by atoms with Gasteiger partial charge in [-0.15, -0.1) is 24.0 Å². The fourth-order valence-corrected chi connectivity index (χ4v) is 2.60. The summed E-state index contributed by atoms with van der Waals surface area (Å²) in [6.45, 7) is 12.1. The molecule has 0 aliphatic carbocycles. The maximum absolute atomic E-state index is 4.79. The summed E-state index contributed by atoms with van der Waals surface area (Å²) >= 11 is 0. The predicted octanol–water partition coefficient (Wildman–Crippen LogP) is 3.73. The lowest BCUT2D eigenvalue weighted by atomic mass is 9.84. The van der Waals surface area contributed by atoms with Crippen LogP contribution in [0.2, 0.25) is 0 Å². The Morgan fingerprint density at radius 3 is 2.54 bits per heavy atom. The number of guanidine groups is 1. The van der Waals surface area contributed by atoms with Gasteiger partial charge in [0.2, 0.25) is 0 Å². The number of aromatic nitrogens is 2. The van der Waals surface area contributed by atoms with E-state index >= 15 is 0 Å². The van der Waals surface area contributed by atoms with E-state index in [-0.39, 0.29) is 29.4 Å². The largest absolute Gasteiger partial charge is 0.357 e. The lowest BCUT2D eigenvalue weighted by Crippen LogP contribution is -2.39. The monoisotopic (exact) mass is 469 g/mol. The number of hydrogen-bond donors (Lipinski definition) is 2. The lowest BCUT2D eigenvalue weighted by molar-refractivity contribution is 0.535. The molecule has 1 aromatic heterocycles. The molecule has 144 valence electrons. The first kappa shape index (κ1) is 22.5. The number of halogens is 1. The second-order valence-electron chi connectivity index (χ2n) is 6.99. The molecular weight excluding hydrogens is 437 g/mol. The predicted molar refractivity (Wildman–Crippen MR) is 120 cm³/mol. The highest BCUT2D eigenvalue weighted by atomic mass is 127. The molecule has 0 amide bonds. The molecule has 1 aromatic carbocycles. The molecule has 0 bridgehead atoms. The van der Waals surface area contributed by atoms with Gasteiger partial charge >= 0.3 is 0 Å². The molecule has 0 saturated heterocycles. The van der Waals surface area contributed by atoms with Gasteiger partial charge in [-0.1, -0.05) is 43.7 Å². The number of aryl methyl sites for hydroxylation is 2. The van der Waals surface area contributed by atoms with Crippen LogP contribution in [0.5, 0.6) is 0 Å². The van der Waals surface area contributed by atoms with Gasteiger partial charge in [0.25, 0.3) is 0 Å². The van der Waals surface area contributed by atoms with Crippen molar-refractivity contribution >= 4 is 29.9 Å². The standard InChI is InChI=1S/C20H31N5.HI/c1-5-21-19(22-12-6-14-25-15-7-13-24-25)23-16-20(3,4)18-10-8-17(2)9-11-18;/h7-11,13,15H,5-6,12,14,16H2,1-4H3,(H2,21,22,23);1H. The zero-order chi connectivity index (χ0) is 18.1. The van der Waals surface area contributed by atoms with Crippen molar-refractivity contribution in [1.29, 1.82) is 0 Å². The van der Waals surface area contributed by atoms with Gasteiger partial charge in [0.1, 0.15) is 0 Å². The first-order valence-electron chi connectivity index (χ1n) is 9.08. The van der Waals surface area contributed by atoms with Gasteiger partial charge in [0, 0.05) is 37.4 Å². The van der Waals surface area contributed by atoms with Crippen LogP contribution in [0, 0.1) is 6.92 Å². The van der Waals surface area contributed by atoms with Crippen LogP contribution in [0.4, 0.5) is 0 Å². The number of hydrogen-bond acceptors (Lipinski definition) is 2. The van der Waals surface area contributed by atoms with Crippen LogP contribution in [0.15, 0.2) is 47.7 Å². The lowest BCUT2D eigenvalue weighted by Gasteiger charge is -2.24. The van der Waals surface area contributed by atoms with E-state index in [9.17, 15) is 0 Å². The van der Waals surface area contributed by atoms with Gasteiger partial charge in [0.05, 0.1) is 6.54 Å². The highest BCUT2D eigenvalue weighted by Crippen LogP contribution is 2.23. The van der Waals surface area contributed by atoms with Gasteiger partial charge in [-0.25, -0.2) is 0 Å². The average molecular weight is 469 g/mol. The van der Waals surface area contributed by atoms with Crippen LogP contribution in [-0.4, -0.2) is 35.4 Å². The minimum Gasteiger partial charge on any atom is -0.357 e. The molecule has 0 spiro atoms. The molecule has 2 N–H and O–H groups in total. The molecule has 0 unspecified atom stereocenters. The van der Waals surface area contributed by atoms with E-state index in [0.29, 0.717) is 0 Å².